The number of carbonyl (C=O) groups is 1. The summed E-state index contributed by atoms with van der Waals surface area (Å²) in [6.07, 6.45) is 6.44. The van der Waals surface area contributed by atoms with Gasteiger partial charge in [0.05, 0.1) is 12.8 Å². The van der Waals surface area contributed by atoms with Crippen molar-refractivity contribution in [1.82, 2.24) is 24.4 Å². The summed E-state index contributed by atoms with van der Waals surface area (Å²) in [6.45, 7) is 9.33. The minimum Gasteiger partial charge on any atom is -0.384 e. The van der Waals surface area contributed by atoms with Crippen LogP contribution in [0.4, 0.5) is 0 Å². The highest BCUT2D eigenvalue weighted by Gasteiger charge is 2.28. The van der Waals surface area contributed by atoms with Crippen molar-refractivity contribution in [3.8, 4) is 0 Å². The first-order valence-electron chi connectivity index (χ1n) is 8.99. The minimum absolute atomic E-state index is 0.0117. The number of hydrogen-bond acceptors (Lipinski definition) is 5. The van der Waals surface area contributed by atoms with Crippen LogP contribution in [-0.2, 0) is 11.3 Å². The first-order valence-corrected chi connectivity index (χ1v) is 8.99. The maximum absolute atomic E-state index is 12.8. The molecule has 0 saturated carbocycles. The Bertz CT molecular complexity index is 725. The average molecular weight is 345 g/mol. The third-order valence-corrected chi connectivity index (χ3v) is 4.92. The van der Waals surface area contributed by atoms with E-state index in [1.54, 1.807) is 17.8 Å². The molecule has 3 rings (SSSR count). The van der Waals surface area contributed by atoms with E-state index in [0.717, 1.165) is 44.7 Å². The maximum Gasteiger partial charge on any atom is 0.259 e. The summed E-state index contributed by atoms with van der Waals surface area (Å²) in [5.41, 5.74) is 2.30. The lowest BCUT2D eigenvalue weighted by Gasteiger charge is -2.17. The van der Waals surface area contributed by atoms with Crippen molar-refractivity contribution in [2.75, 3.05) is 39.9 Å². The standard InChI is InChI=1S/C18H27N5O2/c1-4-21(5-2)10-15-8-19-17-16(9-20-23(17)12-15)18(24)22-7-6-14(11-22)13-25-3/h8-9,12,14H,4-7,10-11,13H2,1-3H3/t14-/m0/s1. The van der Waals surface area contributed by atoms with E-state index in [0.29, 0.717) is 23.7 Å². The van der Waals surface area contributed by atoms with E-state index in [4.69, 9.17) is 4.74 Å². The lowest BCUT2D eigenvalue weighted by Crippen LogP contribution is -2.29. The van der Waals surface area contributed by atoms with E-state index in [9.17, 15) is 4.79 Å². The molecular formula is C18H27N5O2. The predicted molar refractivity (Wildman–Crippen MR) is 95.5 cm³/mol. The number of fused-ring (bicyclic) bond motifs is 1. The normalized spacial score (nSPS) is 17.8. The monoisotopic (exact) mass is 345 g/mol. The Morgan fingerprint density at radius 3 is 2.88 bits per heavy atom. The highest BCUT2D eigenvalue weighted by molar-refractivity contribution is 5.99. The number of hydrogen-bond donors (Lipinski definition) is 0. The molecule has 0 N–H and O–H groups in total. The Hall–Kier alpha value is -1.99. The highest BCUT2D eigenvalue weighted by atomic mass is 16.5. The van der Waals surface area contributed by atoms with Gasteiger partial charge in [-0.1, -0.05) is 13.8 Å². The first-order chi connectivity index (χ1) is 12.2. The van der Waals surface area contributed by atoms with Gasteiger partial charge in [-0.25, -0.2) is 9.50 Å². The highest BCUT2D eigenvalue weighted by Crippen LogP contribution is 2.20. The van der Waals surface area contributed by atoms with Crippen molar-refractivity contribution >= 4 is 11.6 Å². The lowest BCUT2D eigenvalue weighted by molar-refractivity contribution is 0.0777. The van der Waals surface area contributed by atoms with Gasteiger partial charge in [0.1, 0.15) is 5.56 Å². The smallest absolute Gasteiger partial charge is 0.259 e. The van der Waals surface area contributed by atoms with Gasteiger partial charge in [0.2, 0.25) is 0 Å². The molecule has 2 aromatic rings. The number of aromatic nitrogens is 3. The van der Waals surface area contributed by atoms with Gasteiger partial charge in [0.25, 0.3) is 5.91 Å². The molecule has 1 fully saturated rings. The zero-order valence-electron chi connectivity index (χ0n) is 15.3. The van der Waals surface area contributed by atoms with Gasteiger partial charge >= 0.3 is 0 Å². The molecule has 1 aliphatic rings. The quantitative estimate of drug-likeness (QED) is 0.764. The lowest BCUT2D eigenvalue weighted by atomic mass is 10.1. The van der Waals surface area contributed by atoms with Gasteiger partial charge in [0.15, 0.2) is 5.65 Å². The van der Waals surface area contributed by atoms with Gasteiger partial charge < -0.3 is 9.64 Å². The molecule has 3 heterocycles. The van der Waals surface area contributed by atoms with Crippen molar-refractivity contribution < 1.29 is 9.53 Å². The van der Waals surface area contributed by atoms with E-state index < -0.39 is 0 Å². The number of likely N-dealkylation sites (tertiary alicyclic amines) is 1. The molecule has 0 aromatic carbocycles. The molecule has 136 valence electrons. The fraction of sp³-hybridized carbons (Fsp3) is 0.611. The summed E-state index contributed by atoms with van der Waals surface area (Å²) < 4.78 is 6.92. The van der Waals surface area contributed by atoms with Crippen LogP contribution >= 0.6 is 0 Å². The summed E-state index contributed by atoms with van der Waals surface area (Å²) in [4.78, 5) is 21.5. The van der Waals surface area contributed by atoms with Crippen LogP contribution in [0.5, 0.6) is 0 Å². The van der Waals surface area contributed by atoms with E-state index in [1.807, 2.05) is 17.3 Å². The van der Waals surface area contributed by atoms with Crippen molar-refractivity contribution in [2.24, 2.45) is 5.92 Å². The first kappa shape index (κ1) is 17.8. The van der Waals surface area contributed by atoms with Crippen molar-refractivity contribution in [3.05, 3.63) is 29.7 Å². The molecule has 0 radical (unpaired) electrons. The van der Waals surface area contributed by atoms with Gasteiger partial charge in [-0.2, -0.15) is 5.10 Å². The summed E-state index contributed by atoms with van der Waals surface area (Å²) in [5, 5.41) is 4.35. The zero-order valence-corrected chi connectivity index (χ0v) is 15.3. The fourth-order valence-corrected chi connectivity index (χ4v) is 3.41. The van der Waals surface area contributed by atoms with E-state index in [-0.39, 0.29) is 5.91 Å². The SMILES string of the molecule is CCN(CC)Cc1cnc2c(C(=O)N3CC[C@H](COC)C3)cnn2c1. The number of methoxy groups -OCH3 is 1. The summed E-state index contributed by atoms with van der Waals surface area (Å²) >= 11 is 0. The van der Waals surface area contributed by atoms with Gasteiger partial charge in [-0.3, -0.25) is 9.69 Å². The molecule has 7 heteroatoms. The summed E-state index contributed by atoms with van der Waals surface area (Å²) in [5.74, 6) is 0.432. The van der Waals surface area contributed by atoms with Crippen LogP contribution in [0.3, 0.4) is 0 Å². The molecule has 0 aliphatic carbocycles. The molecule has 2 aromatic heterocycles. The number of rotatable bonds is 7. The van der Waals surface area contributed by atoms with Crippen LogP contribution in [0.2, 0.25) is 0 Å². The predicted octanol–water partition coefficient (Wildman–Crippen LogP) is 1.68. The average Bonchev–Trinajstić information content (AvgIpc) is 3.26. The largest absolute Gasteiger partial charge is 0.384 e. The van der Waals surface area contributed by atoms with E-state index >= 15 is 0 Å². The van der Waals surface area contributed by atoms with Crippen molar-refractivity contribution in [1.29, 1.82) is 0 Å². The fourth-order valence-electron chi connectivity index (χ4n) is 3.41. The second-order valence-corrected chi connectivity index (χ2v) is 6.61. The van der Waals surface area contributed by atoms with Crippen LogP contribution in [-0.4, -0.2) is 70.2 Å². The molecule has 1 aliphatic heterocycles. The Morgan fingerprint density at radius 1 is 1.36 bits per heavy atom. The van der Waals surface area contributed by atoms with Crippen LogP contribution in [0, 0.1) is 5.92 Å². The Morgan fingerprint density at radius 2 is 2.16 bits per heavy atom. The third-order valence-electron chi connectivity index (χ3n) is 4.92. The molecule has 7 nitrogen and oxygen atoms in total. The number of ether oxygens (including phenoxy) is 1. The molecule has 1 amide bonds. The molecule has 0 bridgehead atoms. The van der Waals surface area contributed by atoms with Crippen LogP contribution in [0.1, 0.15) is 36.2 Å². The molecule has 1 atom stereocenters. The molecule has 25 heavy (non-hydrogen) atoms. The van der Waals surface area contributed by atoms with Gasteiger partial charge in [0, 0.05) is 50.6 Å². The maximum atomic E-state index is 12.8. The Kier molecular flexibility index (Phi) is 5.65. The molecule has 1 saturated heterocycles. The van der Waals surface area contributed by atoms with Crippen LogP contribution in [0.25, 0.3) is 5.65 Å². The van der Waals surface area contributed by atoms with Crippen molar-refractivity contribution in [2.45, 2.75) is 26.8 Å². The Labute approximate surface area is 148 Å². The van der Waals surface area contributed by atoms with Crippen LogP contribution < -0.4 is 0 Å². The minimum atomic E-state index is 0.0117. The Balaban J connectivity index is 1.76. The topological polar surface area (TPSA) is 63.0 Å². The van der Waals surface area contributed by atoms with E-state index in [1.165, 1.54) is 0 Å². The zero-order chi connectivity index (χ0) is 17.8. The summed E-state index contributed by atoms with van der Waals surface area (Å²) in [6, 6.07) is 0. The van der Waals surface area contributed by atoms with Crippen molar-refractivity contribution in [3.63, 3.8) is 0 Å². The third kappa shape index (κ3) is 3.82. The molecule has 0 spiro atoms. The second kappa shape index (κ2) is 7.93. The molecule has 0 unspecified atom stereocenters. The van der Waals surface area contributed by atoms with Gasteiger partial charge in [-0.15, -0.1) is 0 Å². The van der Waals surface area contributed by atoms with E-state index in [2.05, 4.69) is 28.8 Å². The number of amides is 1. The molecular weight excluding hydrogens is 318 g/mol. The number of carbonyl (C=O) groups excluding carboxylic acids is 1. The summed E-state index contributed by atoms with van der Waals surface area (Å²) in [7, 11) is 1.70. The number of nitrogens with zero attached hydrogens (tertiary/aromatic N) is 5. The van der Waals surface area contributed by atoms with Gasteiger partial charge in [-0.05, 0) is 19.5 Å². The second-order valence-electron chi connectivity index (χ2n) is 6.61. The van der Waals surface area contributed by atoms with Crippen LogP contribution in [0.15, 0.2) is 18.6 Å².